The van der Waals surface area contributed by atoms with Crippen LogP contribution in [0.2, 0.25) is 0 Å². The fourth-order valence-electron chi connectivity index (χ4n) is 4.00. The van der Waals surface area contributed by atoms with Crippen LogP contribution in [0.3, 0.4) is 0 Å². The Morgan fingerprint density at radius 2 is 1.83 bits per heavy atom. The van der Waals surface area contributed by atoms with Gasteiger partial charge in [-0.05, 0) is 49.7 Å². The Hall–Kier alpha value is -3.48. The lowest BCUT2D eigenvalue weighted by molar-refractivity contribution is 0.0746. The van der Waals surface area contributed by atoms with Crippen LogP contribution in [0.4, 0.5) is 5.82 Å². The summed E-state index contributed by atoms with van der Waals surface area (Å²) in [4.78, 5) is 26.0. The molecule has 0 spiro atoms. The fraction of sp³-hybridized carbons (Fsp3) is 0.273. The molecule has 4 aromatic rings. The number of piperazine rings is 1. The molecular formula is C22H22N6O. The number of benzene rings is 1. The summed E-state index contributed by atoms with van der Waals surface area (Å²) in [6.07, 6.45) is 3.58. The Morgan fingerprint density at radius 1 is 1.00 bits per heavy atom. The van der Waals surface area contributed by atoms with E-state index in [1.807, 2.05) is 48.4 Å². The zero-order valence-corrected chi connectivity index (χ0v) is 16.5. The zero-order chi connectivity index (χ0) is 20.0. The minimum atomic E-state index is 0.0607. The largest absolute Gasteiger partial charge is 0.352 e. The van der Waals surface area contributed by atoms with Crippen LogP contribution in [-0.4, -0.2) is 56.6 Å². The van der Waals surface area contributed by atoms with Crippen molar-refractivity contribution in [1.29, 1.82) is 0 Å². The molecule has 4 heterocycles. The molecule has 7 heteroatoms. The van der Waals surface area contributed by atoms with Gasteiger partial charge in [-0.1, -0.05) is 6.07 Å². The highest BCUT2D eigenvalue weighted by atomic mass is 16.2. The van der Waals surface area contributed by atoms with Crippen LogP contribution in [0.1, 0.15) is 21.6 Å². The van der Waals surface area contributed by atoms with E-state index in [1.54, 1.807) is 10.7 Å². The number of aromatic nitrogens is 4. The van der Waals surface area contributed by atoms with Gasteiger partial charge >= 0.3 is 0 Å². The van der Waals surface area contributed by atoms with Crippen molar-refractivity contribution in [3.8, 4) is 0 Å². The number of pyridine rings is 1. The lowest BCUT2D eigenvalue weighted by atomic mass is 10.1. The van der Waals surface area contributed by atoms with Gasteiger partial charge in [0, 0.05) is 55.2 Å². The number of anilines is 1. The maximum absolute atomic E-state index is 13.0. The number of rotatable bonds is 2. The number of carbonyl (C=O) groups is 1. The molecule has 0 aliphatic carbocycles. The van der Waals surface area contributed by atoms with Crippen molar-refractivity contribution in [2.75, 3.05) is 31.1 Å². The van der Waals surface area contributed by atoms with Crippen LogP contribution < -0.4 is 4.90 Å². The van der Waals surface area contributed by atoms with Gasteiger partial charge in [-0.15, -0.1) is 5.10 Å². The van der Waals surface area contributed by atoms with Gasteiger partial charge in [0.15, 0.2) is 5.65 Å². The average molecular weight is 386 g/mol. The van der Waals surface area contributed by atoms with Crippen molar-refractivity contribution >= 4 is 28.3 Å². The average Bonchev–Trinajstić information content (AvgIpc) is 3.20. The number of carbonyl (C=O) groups excluding carboxylic acids is 1. The Morgan fingerprint density at radius 3 is 2.66 bits per heavy atom. The van der Waals surface area contributed by atoms with Gasteiger partial charge in [-0.25, -0.2) is 9.50 Å². The first-order chi connectivity index (χ1) is 14.1. The summed E-state index contributed by atoms with van der Waals surface area (Å²) < 4.78 is 1.78. The maximum atomic E-state index is 13.0. The molecule has 0 unspecified atom stereocenters. The van der Waals surface area contributed by atoms with E-state index in [1.165, 1.54) is 5.56 Å². The van der Waals surface area contributed by atoms with Gasteiger partial charge in [0.1, 0.15) is 5.82 Å². The second kappa shape index (κ2) is 6.84. The molecule has 0 N–H and O–H groups in total. The molecule has 0 atom stereocenters. The van der Waals surface area contributed by atoms with Gasteiger partial charge in [0.05, 0.1) is 5.52 Å². The van der Waals surface area contributed by atoms with Crippen molar-refractivity contribution in [3.05, 3.63) is 65.6 Å². The van der Waals surface area contributed by atoms with Gasteiger partial charge < -0.3 is 9.80 Å². The van der Waals surface area contributed by atoms with Gasteiger partial charge in [-0.2, -0.15) is 0 Å². The highest BCUT2D eigenvalue weighted by molar-refractivity contribution is 5.98. The lowest BCUT2D eigenvalue weighted by Gasteiger charge is -2.35. The summed E-state index contributed by atoms with van der Waals surface area (Å²) in [5.74, 6) is 0.967. The molecule has 7 nitrogen and oxygen atoms in total. The fourth-order valence-corrected chi connectivity index (χ4v) is 4.00. The Bertz CT molecular complexity index is 1220. The third-order valence-electron chi connectivity index (χ3n) is 5.52. The Labute approximate surface area is 168 Å². The summed E-state index contributed by atoms with van der Waals surface area (Å²) in [6.45, 7) is 6.90. The third kappa shape index (κ3) is 3.18. The standard InChI is InChI=1S/C22H22N6O/c1-15-13-16(2)24-19-14-17(3-4-18(15)19)22(29)27-11-9-26(10-12-27)21-6-5-20-23-7-8-28(20)25-21/h3-8,13-14H,9-12H2,1-2H3. The van der Waals surface area contributed by atoms with Crippen LogP contribution in [0.15, 0.2) is 48.8 Å². The van der Waals surface area contributed by atoms with Gasteiger partial charge in [0.25, 0.3) is 5.91 Å². The minimum absolute atomic E-state index is 0.0607. The quantitative estimate of drug-likeness (QED) is 0.530. The molecular weight excluding hydrogens is 364 g/mol. The van der Waals surface area contributed by atoms with Gasteiger partial charge in [0.2, 0.25) is 0 Å². The van der Waals surface area contributed by atoms with Crippen molar-refractivity contribution in [2.24, 2.45) is 0 Å². The van der Waals surface area contributed by atoms with Crippen molar-refractivity contribution < 1.29 is 4.79 Å². The van der Waals surface area contributed by atoms with E-state index in [4.69, 9.17) is 0 Å². The second-order valence-electron chi connectivity index (χ2n) is 7.51. The molecule has 1 aromatic carbocycles. The van der Waals surface area contributed by atoms with E-state index in [-0.39, 0.29) is 5.91 Å². The van der Waals surface area contributed by atoms with E-state index in [9.17, 15) is 4.79 Å². The molecule has 29 heavy (non-hydrogen) atoms. The minimum Gasteiger partial charge on any atom is -0.352 e. The molecule has 1 fully saturated rings. The predicted molar refractivity (Wildman–Crippen MR) is 112 cm³/mol. The SMILES string of the molecule is Cc1cc(C)c2ccc(C(=O)N3CCN(c4ccc5nccn5n4)CC3)cc2n1. The first-order valence-corrected chi connectivity index (χ1v) is 9.81. The summed E-state index contributed by atoms with van der Waals surface area (Å²) >= 11 is 0. The molecule has 0 bridgehead atoms. The summed E-state index contributed by atoms with van der Waals surface area (Å²) in [6, 6.07) is 11.8. The van der Waals surface area contributed by atoms with Crippen LogP contribution >= 0.6 is 0 Å². The number of amides is 1. The van der Waals surface area contributed by atoms with E-state index in [0.717, 1.165) is 41.2 Å². The molecule has 1 aliphatic heterocycles. The molecule has 146 valence electrons. The molecule has 0 saturated carbocycles. The molecule has 1 amide bonds. The number of imidazole rings is 1. The first-order valence-electron chi connectivity index (χ1n) is 9.81. The second-order valence-corrected chi connectivity index (χ2v) is 7.51. The highest BCUT2D eigenvalue weighted by Crippen LogP contribution is 2.21. The monoisotopic (exact) mass is 386 g/mol. The van der Waals surface area contributed by atoms with Crippen LogP contribution in [0.25, 0.3) is 16.6 Å². The number of aryl methyl sites for hydroxylation is 2. The van der Waals surface area contributed by atoms with Crippen LogP contribution in [-0.2, 0) is 0 Å². The zero-order valence-electron chi connectivity index (χ0n) is 16.5. The number of nitrogens with zero attached hydrogens (tertiary/aromatic N) is 6. The molecule has 0 radical (unpaired) electrons. The molecule has 5 rings (SSSR count). The number of hydrogen-bond acceptors (Lipinski definition) is 5. The van der Waals surface area contributed by atoms with Crippen molar-refractivity contribution in [1.82, 2.24) is 24.5 Å². The summed E-state index contributed by atoms with van der Waals surface area (Å²) in [7, 11) is 0. The van der Waals surface area contributed by atoms with E-state index >= 15 is 0 Å². The summed E-state index contributed by atoms with van der Waals surface area (Å²) in [5.41, 5.74) is 4.56. The predicted octanol–water partition coefficient (Wildman–Crippen LogP) is 2.86. The number of hydrogen-bond donors (Lipinski definition) is 0. The third-order valence-corrected chi connectivity index (χ3v) is 5.52. The first kappa shape index (κ1) is 17.6. The molecule has 1 saturated heterocycles. The van der Waals surface area contributed by atoms with E-state index in [2.05, 4.69) is 33.0 Å². The van der Waals surface area contributed by atoms with Crippen molar-refractivity contribution in [3.63, 3.8) is 0 Å². The topological polar surface area (TPSA) is 66.6 Å². The molecule has 3 aromatic heterocycles. The van der Waals surface area contributed by atoms with Crippen molar-refractivity contribution in [2.45, 2.75) is 13.8 Å². The normalized spacial score (nSPS) is 14.7. The van der Waals surface area contributed by atoms with E-state index < -0.39 is 0 Å². The Balaban J connectivity index is 1.32. The summed E-state index contributed by atoms with van der Waals surface area (Å²) in [5, 5.41) is 5.70. The molecule has 1 aliphatic rings. The lowest BCUT2D eigenvalue weighted by Crippen LogP contribution is -2.49. The number of fused-ring (bicyclic) bond motifs is 2. The highest BCUT2D eigenvalue weighted by Gasteiger charge is 2.23. The smallest absolute Gasteiger partial charge is 0.254 e. The van der Waals surface area contributed by atoms with E-state index in [0.29, 0.717) is 18.7 Å². The van der Waals surface area contributed by atoms with Crippen LogP contribution in [0.5, 0.6) is 0 Å². The maximum Gasteiger partial charge on any atom is 0.254 e. The van der Waals surface area contributed by atoms with Gasteiger partial charge in [-0.3, -0.25) is 9.78 Å². The van der Waals surface area contributed by atoms with Crippen LogP contribution in [0, 0.1) is 13.8 Å². The Kier molecular flexibility index (Phi) is 4.16.